The number of unbranched alkanes of at least 4 members (excludes halogenated alkanes) is 1. The molecule has 3 heterocycles. The van der Waals surface area contributed by atoms with Gasteiger partial charge in [-0.2, -0.15) is 13.2 Å². The lowest BCUT2D eigenvalue weighted by atomic mass is 10.2. The van der Waals surface area contributed by atoms with Crippen LogP contribution in [0.3, 0.4) is 0 Å². The molecule has 3 aromatic heterocycles. The summed E-state index contributed by atoms with van der Waals surface area (Å²) in [5.41, 5.74) is 0.708. The maximum atomic E-state index is 12.9. The summed E-state index contributed by atoms with van der Waals surface area (Å²) >= 11 is 1.68. The standard InChI is InChI=1S/C17H17F3N4S/c1-3-4-7-25-14-10-21-6-5-12(14)15-23-13-8-11(17(18,19)20)9-22-16(13)24(15)2/h5-6,8-10H,3-4,7H2,1-2H3. The summed E-state index contributed by atoms with van der Waals surface area (Å²) in [7, 11) is 1.76. The van der Waals surface area contributed by atoms with Crippen molar-refractivity contribution in [2.24, 2.45) is 7.05 Å². The van der Waals surface area contributed by atoms with Crippen LogP contribution < -0.4 is 0 Å². The Kier molecular flexibility index (Phi) is 4.99. The Hall–Kier alpha value is -2.09. The highest BCUT2D eigenvalue weighted by molar-refractivity contribution is 7.99. The van der Waals surface area contributed by atoms with Gasteiger partial charge in [-0.3, -0.25) is 4.98 Å². The Balaban J connectivity index is 2.06. The van der Waals surface area contributed by atoms with Crippen LogP contribution in [0.4, 0.5) is 13.2 Å². The summed E-state index contributed by atoms with van der Waals surface area (Å²) in [6, 6.07) is 2.87. The van der Waals surface area contributed by atoms with Crippen molar-refractivity contribution in [2.45, 2.75) is 30.8 Å². The lowest BCUT2D eigenvalue weighted by molar-refractivity contribution is -0.137. The first-order chi connectivity index (χ1) is 11.9. The molecule has 0 aliphatic rings. The number of alkyl halides is 3. The molecular formula is C17H17F3N4S. The quantitative estimate of drug-likeness (QED) is 0.474. The van der Waals surface area contributed by atoms with Crippen molar-refractivity contribution in [1.82, 2.24) is 19.5 Å². The van der Waals surface area contributed by atoms with E-state index >= 15 is 0 Å². The lowest BCUT2D eigenvalue weighted by Crippen LogP contribution is -2.05. The Morgan fingerprint density at radius 2 is 2.04 bits per heavy atom. The third-order valence-electron chi connectivity index (χ3n) is 3.82. The summed E-state index contributed by atoms with van der Waals surface area (Å²) in [5.74, 6) is 1.54. The fourth-order valence-corrected chi connectivity index (χ4v) is 3.58. The Morgan fingerprint density at radius 1 is 1.24 bits per heavy atom. The minimum atomic E-state index is -4.43. The number of thioether (sulfide) groups is 1. The van der Waals surface area contributed by atoms with Crippen LogP contribution in [0.1, 0.15) is 25.3 Å². The van der Waals surface area contributed by atoms with Gasteiger partial charge in [0.15, 0.2) is 5.65 Å². The molecule has 0 amide bonds. The highest BCUT2D eigenvalue weighted by Gasteiger charge is 2.31. The van der Waals surface area contributed by atoms with Crippen LogP contribution in [0.15, 0.2) is 35.6 Å². The topological polar surface area (TPSA) is 43.6 Å². The van der Waals surface area contributed by atoms with Gasteiger partial charge in [-0.05, 0) is 24.3 Å². The normalized spacial score (nSPS) is 12.0. The number of rotatable bonds is 5. The second-order valence-corrected chi connectivity index (χ2v) is 6.77. The molecule has 0 unspecified atom stereocenters. The van der Waals surface area contributed by atoms with Crippen LogP contribution in [-0.4, -0.2) is 25.3 Å². The molecule has 25 heavy (non-hydrogen) atoms. The van der Waals surface area contributed by atoms with Gasteiger partial charge in [0.25, 0.3) is 0 Å². The maximum Gasteiger partial charge on any atom is 0.417 e. The van der Waals surface area contributed by atoms with Crippen molar-refractivity contribution in [3.63, 3.8) is 0 Å². The van der Waals surface area contributed by atoms with Crippen molar-refractivity contribution >= 4 is 22.9 Å². The van der Waals surface area contributed by atoms with E-state index in [0.717, 1.165) is 41.3 Å². The Morgan fingerprint density at radius 3 is 2.76 bits per heavy atom. The van der Waals surface area contributed by atoms with Gasteiger partial charge in [0.05, 0.1) is 5.56 Å². The van der Waals surface area contributed by atoms with Gasteiger partial charge < -0.3 is 4.57 Å². The Labute approximate surface area is 147 Å². The molecule has 8 heteroatoms. The third kappa shape index (κ3) is 3.63. The van der Waals surface area contributed by atoms with E-state index in [1.807, 2.05) is 6.07 Å². The molecule has 0 bridgehead atoms. The zero-order valence-electron chi connectivity index (χ0n) is 13.8. The lowest BCUT2D eigenvalue weighted by Gasteiger charge is -2.08. The summed E-state index contributed by atoms with van der Waals surface area (Å²) in [5, 5.41) is 0. The number of fused-ring (bicyclic) bond motifs is 1. The number of aromatic nitrogens is 4. The molecule has 0 spiro atoms. The van der Waals surface area contributed by atoms with Gasteiger partial charge >= 0.3 is 6.18 Å². The molecule has 0 fully saturated rings. The van der Waals surface area contributed by atoms with Gasteiger partial charge in [0.1, 0.15) is 11.3 Å². The minimum absolute atomic E-state index is 0.230. The zero-order valence-corrected chi connectivity index (χ0v) is 14.7. The molecule has 0 N–H and O–H groups in total. The molecular weight excluding hydrogens is 349 g/mol. The summed E-state index contributed by atoms with van der Waals surface area (Å²) in [6.45, 7) is 2.13. The van der Waals surface area contributed by atoms with E-state index in [1.165, 1.54) is 0 Å². The highest BCUT2D eigenvalue weighted by atomic mass is 32.2. The van der Waals surface area contributed by atoms with E-state index in [4.69, 9.17) is 0 Å². The highest BCUT2D eigenvalue weighted by Crippen LogP contribution is 2.34. The van der Waals surface area contributed by atoms with Crippen LogP contribution in [0.5, 0.6) is 0 Å². The number of hydrogen-bond acceptors (Lipinski definition) is 4. The van der Waals surface area contributed by atoms with Crippen LogP contribution in [0.2, 0.25) is 0 Å². The van der Waals surface area contributed by atoms with Gasteiger partial charge in [-0.15, -0.1) is 11.8 Å². The maximum absolute atomic E-state index is 12.9. The molecule has 0 aromatic carbocycles. The number of hydrogen-bond donors (Lipinski definition) is 0. The predicted octanol–water partition coefficient (Wildman–Crippen LogP) is 4.94. The molecule has 0 radical (unpaired) electrons. The second-order valence-electron chi connectivity index (χ2n) is 5.63. The number of imidazole rings is 1. The van der Waals surface area contributed by atoms with E-state index in [0.29, 0.717) is 11.5 Å². The molecule has 0 aliphatic heterocycles. The Bertz CT molecular complexity index is 889. The SMILES string of the molecule is CCCCSc1cnccc1-c1nc2cc(C(F)(F)F)cnc2n1C. The molecule has 4 nitrogen and oxygen atoms in total. The van der Waals surface area contributed by atoms with Gasteiger partial charge in [0, 0.05) is 36.1 Å². The van der Waals surface area contributed by atoms with E-state index in [1.54, 1.807) is 35.8 Å². The molecule has 0 saturated carbocycles. The average molecular weight is 366 g/mol. The molecule has 3 rings (SSSR count). The molecule has 3 aromatic rings. The van der Waals surface area contributed by atoms with E-state index < -0.39 is 11.7 Å². The summed E-state index contributed by atoms with van der Waals surface area (Å²) < 4.78 is 40.4. The fourth-order valence-electron chi connectivity index (χ4n) is 2.48. The van der Waals surface area contributed by atoms with Crippen molar-refractivity contribution in [3.05, 3.63) is 36.3 Å². The van der Waals surface area contributed by atoms with Gasteiger partial charge in [-0.1, -0.05) is 13.3 Å². The van der Waals surface area contributed by atoms with E-state index in [-0.39, 0.29) is 5.52 Å². The first kappa shape index (κ1) is 17.7. The largest absolute Gasteiger partial charge is 0.417 e. The van der Waals surface area contributed by atoms with Gasteiger partial charge in [0.2, 0.25) is 0 Å². The fraction of sp³-hybridized carbons (Fsp3) is 0.353. The second kappa shape index (κ2) is 7.03. The minimum Gasteiger partial charge on any atom is -0.312 e. The van der Waals surface area contributed by atoms with Crippen molar-refractivity contribution in [3.8, 4) is 11.4 Å². The smallest absolute Gasteiger partial charge is 0.312 e. The third-order valence-corrected chi connectivity index (χ3v) is 4.95. The van der Waals surface area contributed by atoms with E-state index in [9.17, 15) is 13.2 Å². The summed E-state index contributed by atoms with van der Waals surface area (Å²) in [4.78, 5) is 13.5. The number of halogens is 3. The van der Waals surface area contributed by atoms with Crippen molar-refractivity contribution in [2.75, 3.05) is 5.75 Å². The number of pyridine rings is 2. The van der Waals surface area contributed by atoms with Gasteiger partial charge in [-0.25, -0.2) is 9.97 Å². The monoisotopic (exact) mass is 366 g/mol. The van der Waals surface area contributed by atoms with Crippen LogP contribution >= 0.6 is 11.8 Å². The number of aryl methyl sites for hydroxylation is 1. The predicted molar refractivity (Wildman–Crippen MR) is 92.4 cm³/mol. The van der Waals surface area contributed by atoms with Crippen molar-refractivity contribution < 1.29 is 13.2 Å². The molecule has 132 valence electrons. The van der Waals surface area contributed by atoms with Crippen LogP contribution in [0.25, 0.3) is 22.6 Å². The average Bonchev–Trinajstić information content (AvgIpc) is 2.91. The molecule has 0 saturated heterocycles. The summed E-state index contributed by atoms with van der Waals surface area (Å²) in [6.07, 6.45) is 2.02. The van der Waals surface area contributed by atoms with Crippen LogP contribution in [-0.2, 0) is 13.2 Å². The van der Waals surface area contributed by atoms with Crippen molar-refractivity contribution in [1.29, 1.82) is 0 Å². The first-order valence-electron chi connectivity index (χ1n) is 7.88. The van der Waals surface area contributed by atoms with Crippen LogP contribution in [0, 0.1) is 0 Å². The molecule has 0 aliphatic carbocycles. The molecule has 0 atom stereocenters. The van der Waals surface area contributed by atoms with E-state index in [2.05, 4.69) is 21.9 Å². The first-order valence-corrected chi connectivity index (χ1v) is 8.87. The zero-order chi connectivity index (χ0) is 18.0. The number of nitrogens with zero attached hydrogens (tertiary/aromatic N) is 4.